The topological polar surface area (TPSA) is 38.3 Å². The molecule has 4 heteroatoms. The molecule has 0 saturated carbocycles. The van der Waals surface area contributed by atoms with Gasteiger partial charge in [0.15, 0.2) is 0 Å². The Labute approximate surface area is 97.9 Å². The maximum atomic E-state index is 11.7. The van der Waals surface area contributed by atoms with Crippen molar-refractivity contribution in [1.29, 1.82) is 0 Å². The van der Waals surface area contributed by atoms with Crippen molar-refractivity contribution in [3.8, 4) is 5.75 Å². The molecule has 0 aliphatic heterocycles. The van der Waals surface area contributed by atoms with Crippen LogP contribution in [-0.4, -0.2) is 19.1 Å². The number of rotatable bonds is 3. The molecule has 82 valence electrons. The average molecular weight is 272 g/mol. The van der Waals surface area contributed by atoms with Gasteiger partial charge in [-0.3, -0.25) is 4.79 Å². The molecule has 0 saturated heterocycles. The van der Waals surface area contributed by atoms with Crippen molar-refractivity contribution < 1.29 is 9.53 Å². The van der Waals surface area contributed by atoms with Crippen molar-refractivity contribution in [3.63, 3.8) is 0 Å². The van der Waals surface area contributed by atoms with Gasteiger partial charge in [0.1, 0.15) is 5.75 Å². The maximum Gasteiger partial charge on any atom is 0.252 e. The van der Waals surface area contributed by atoms with Gasteiger partial charge in [-0.15, -0.1) is 0 Å². The highest BCUT2D eigenvalue weighted by Crippen LogP contribution is 2.28. The fraction of sp³-hybridized carbons (Fsp3) is 0.364. The van der Waals surface area contributed by atoms with Crippen LogP contribution in [0.2, 0.25) is 0 Å². The van der Waals surface area contributed by atoms with E-state index in [2.05, 4.69) is 21.2 Å². The lowest BCUT2D eigenvalue weighted by molar-refractivity contribution is 0.0942. The smallest absolute Gasteiger partial charge is 0.252 e. The van der Waals surface area contributed by atoms with E-state index in [9.17, 15) is 4.79 Å². The van der Waals surface area contributed by atoms with Crippen LogP contribution in [0, 0.1) is 0 Å². The first-order valence-corrected chi connectivity index (χ1v) is 5.49. The highest BCUT2D eigenvalue weighted by Gasteiger charge is 2.13. The largest absolute Gasteiger partial charge is 0.496 e. The van der Waals surface area contributed by atoms with Gasteiger partial charge >= 0.3 is 0 Å². The van der Waals surface area contributed by atoms with Gasteiger partial charge in [0.25, 0.3) is 5.91 Å². The van der Waals surface area contributed by atoms with E-state index in [4.69, 9.17) is 4.74 Å². The minimum absolute atomic E-state index is 0.101. The van der Waals surface area contributed by atoms with Crippen molar-refractivity contribution in [3.05, 3.63) is 28.2 Å². The van der Waals surface area contributed by atoms with E-state index in [-0.39, 0.29) is 11.9 Å². The van der Waals surface area contributed by atoms with Crippen molar-refractivity contribution >= 4 is 21.8 Å². The van der Waals surface area contributed by atoms with Crippen molar-refractivity contribution in [2.45, 2.75) is 19.9 Å². The number of amides is 1. The van der Waals surface area contributed by atoms with E-state index in [0.29, 0.717) is 15.8 Å². The van der Waals surface area contributed by atoms with Crippen LogP contribution in [0.4, 0.5) is 0 Å². The predicted octanol–water partition coefficient (Wildman–Crippen LogP) is 2.60. The van der Waals surface area contributed by atoms with Crippen molar-refractivity contribution in [2.75, 3.05) is 7.11 Å². The number of carbonyl (C=O) groups excluding carboxylic acids is 1. The standard InChI is InChI=1S/C11H14BrNO2/c1-7(2)13-11(14)8-5-4-6-9(15-3)10(8)12/h4-7H,1-3H3,(H,13,14). The number of benzene rings is 1. The van der Waals surface area contributed by atoms with Crippen molar-refractivity contribution in [1.82, 2.24) is 5.32 Å². The summed E-state index contributed by atoms with van der Waals surface area (Å²) >= 11 is 3.35. The molecule has 1 aromatic carbocycles. The Morgan fingerprint density at radius 1 is 1.47 bits per heavy atom. The summed E-state index contributed by atoms with van der Waals surface area (Å²) in [5.41, 5.74) is 0.586. The summed E-state index contributed by atoms with van der Waals surface area (Å²) in [6.07, 6.45) is 0. The zero-order valence-electron chi connectivity index (χ0n) is 9.00. The first kappa shape index (κ1) is 12.0. The van der Waals surface area contributed by atoms with E-state index in [1.165, 1.54) is 0 Å². The van der Waals surface area contributed by atoms with E-state index in [1.54, 1.807) is 25.3 Å². The van der Waals surface area contributed by atoms with Gasteiger partial charge in [-0.05, 0) is 41.9 Å². The third-order valence-corrected chi connectivity index (χ3v) is 2.67. The SMILES string of the molecule is COc1cccc(C(=O)NC(C)C)c1Br. The summed E-state index contributed by atoms with van der Waals surface area (Å²) in [5, 5.41) is 2.83. The van der Waals surface area contributed by atoms with Gasteiger partial charge in [-0.1, -0.05) is 6.07 Å². The quantitative estimate of drug-likeness (QED) is 0.918. The number of carbonyl (C=O) groups is 1. The molecule has 0 bridgehead atoms. The lowest BCUT2D eigenvalue weighted by atomic mass is 10.2. The predicted molar refractivity (Wildman–Crippen MR) is 63.3 cm³/mol. The van der Waals surface area contributed by atoms with Gasteiger partial charge < -0.3 is 10.1 Å². The number of nitrogens with one attached hydrogen (secondary N) is 1. The average Bonchev–Trinajstić information content (AvgIpc) is 2.17. The Kier molecular flexibility index (Phi) is 4.15. The number of hydrogen-bond acceptors (Lipinski definition) is 2. The van der Waals surface area contributed by atoms with Gasteiger partial charge in [0.2, 0.25) is 0 Å². The molecular weight excluding hydrogens is 258 g/mol. The minimum Gasteiger partial charge on any atom is -0.496 e. The molecule has 1 amide bonds. The molecule has 1 N–H and O–H groups in total. The monoisotopic (exact) mass is 271 g/mol. The molecule has 0 atom stereocenters. The molecule has 0 aliphatic carbocycles. The Bertz CT molecular complexity index is 364. The molecule has 0 radical (unpaired) electrons. The van der Waals surface area contributed by atoms with Gasteiger partial charge in [0, 0.05) is 6.04 Å². The molecule has 0 heterocycles. The number of methoxy groups -OCH3 is 1. The highest BCUT2D eigenvalue weighted by atomic mass is 79.9. The molecule has 1 aromatic rings. The minimum atomic E-state index is -0.101. The van der Waals surface area contributed by atoms with E-state index < -0.39 is 0 Å². The van der Waals surface area contributed by atoms with Gasteiger partial charge in [0.05, 0.1) is 17.1 Å². The molecule has 15 heavy (non-hydrogen) atoms. The Hall–Kier alpha value is -1.03. The summed E-state index contributed by atoms with van der Waals surface area (Å²) in [6, 6.07) is 5.47. The molecule has 0 aromatic heterocycles. The Balaban J connectivity index is 2.99. The van der Waals surface area contributed by atoms with Crippen LogP contribution in [0.3, 0.4) is 0 Å². The summed E-state index contributed by atoms with van der Waals surface area (Å²) in [7, 11) is 1.57. The zero-order chi connectivity index (χ0) is 11.4. The van der Waals surface area contributed by atoms with Crippen LogP contribution < -0.4 is 10.1 Å². The normalized spacial score (nSPS) is 10.2. The Morgan fingerprint density at radius 3 is 2.67 bits per heavy atom. The first-order chi connectivity index (χ1) is 7.06. The molecule has 1 rings (SSSR count). The third-order valence-electron chi connectivity index (χ3n) is 1.85. The number of hydrogen-bond donors (Lipinski definition) is 1. The molecule has 0 unspecified atom stereocenters. The summed E-state index contributed by atoms with van der Waals surface area (Å²) < 4.78 is 5.80. The fourth-order valence-corrected chi connectivity index (χ4v) is 1.79. The second-order valence-corrected chi connectivity index (χ2v) is 4.24. The number of ether oxygens (including phenoxy) is 1. The maximum absolute atomic E-state index is 11.7. The second kappa shape index (κ2) is 5.16. The lowest BCUT2D eigenvalue weighted by Gasteiger charge is -2.11. The van der Waals surface area contributed by atoms with Crippen LogP contribution in [0.25, 0.3) is 0 Å². The van der Waals surface area contributed by atoms with Crippen molar-refractivity contribution in [2.24, 2.45) is 0 Å². The molecule has 0 fully saturated rings. The summed E-state index contributed by atoms with van der Waals surface area (Å²) in [6.45, 7) is 3.85. The van der Waals surface area contributed by atoms with E-state index in [0.717, 1.165) is 0 Å². The van der Waals surface area contributed by atoms with Gasteiger partial charge in [-0.25, -0.2) is 0 Å². The fourth-order valence-electron chi connectivity index (χ4n) is 1.18. The van der Waals surface area contributed by atoms with Gasteiger partial charge in [-0.2, -0.15) is 0 Å². The molecule has 3 nitrogen and oxygen atoms in total. The molecular formula is C11H14BrNO2. The number of halogens is 1. The molecule has 0 aliphatic rings. The van der Waals surface area contributed by atoms with Crippen LogP contribution in [0.15, 0.2) is 22.7 Å². The summed E-state index contributed by atoms with van der Waals surface area (Å²) in [5.74, 6) is 0.558. The van der Waals surface area contributed by atoms with Crippen LogP contribution in [0.5, 0.6) is 5.75 Å². The highest BCUT2D eigenvalue weighted by molar-refractivity contribution is 9.10. The third kappa shape index (κ3) is 2.96. The van der Waals surface area contributed by atoms with Crippen LogP contribution in [-0.2, 0) is 0 Å². The van der Waals surface area contributed by atoms with Crippen LogP contribution in [0.1, 0.15) is 24.2 Å². The van der Waals surface area contributed by atoms with Crippen LogP contribution >= 0.6 is 15.9 Å². The zero-order valence-corrected chi connectivity index (χ0v) is 10.6. The Morgan fingerprint density at radius 2 is 2.13 bits per heavy atom. The first-order valence-electron chi connectivity index (χ1n) is 4.69. The molecule has 0 spiro atoms. The second-order valence-electron chi connectivity index (χ2n) is 3.45. The van der Waals surface area contributed by atoms with E-state index >= 15 is 0 Å². The summed E-state index contributed by atoms with van der Waals surface area (Å²) in [4.78, 5) is 11.7. The van der Waals surface area contributed by atoms with E-state index in [1.807, 2.05) is 13.8 Å². The lowest BCUT2D eigenvalue weighted by Crippen LogP contribution is -2.30.